The molecule has 9 nitrogen and oxygen atoms in total. The second-order valence-electron chi connectivity index (χ2n) is 9.07. The van der Waals surface area contributed by atoms with Crippen LogP contribution in [0, 0.1) is 0 Å². The van der Waals surface area contributed by atoms with E-state index in [0.717, 1.165) is 27.8 Å². The average molecular weight is 498 g/mol. The van der Waals surface area contributed by atoms with Gasteiger partial charge in [-0.25, -0.2) is 4.98 Å². The molecule has 2 heterocycles. The number of carboxylic acids is 1. The van der Waals surface area contributed by atoms with Gasteiger partial charge in [0.25, 0.3) is 0 Å². The molecule has 1 unspecified atom stereocenters. The molecule has 4 aromatic rings. The van der Waals surface area contributed by atoms with Gasteiger partial charge < -0.3 is 25.6 Å². The lowest BCUT2D eigenvalue weighted by Gasteiger charge is -2.22. The fraction of sp³-hybridized carbons (Fsp3) is 0.214. The molecule has 0 aliphatic carbocycles. The molecule has 0 spiro atoms. The number of H-pyrrole nitrogens is 1. The summed E-state index contributed by atoms with van der Waals surface area (Å²) in [5.74, 6) is -0.948. The number of aromatic nitrogens is 2. The summed E-state index contributed by atoms with van der Waals surface area (Å²) in [4.78, 5) is 45.8. The Kier molecular flexibility index (Phi) is 6.85. The number of hydrogen-bond donors (Lipinski definition) is 4. The van der Waals surface area contributed by atoms with Crippen molar-refractivity contribution in [1.29, 1.82) is 0 Å². The Morgan fingerprint density at radius 2 is 1.78 bits per heavy atom. The van der Waals surface area contributed by atoms with Gasteiger partial charge in [-0.1, -0.05) is 42.5 Å². The van der Waals surface area contributed by atoms with E-state index in [-0.39, 0.29) is 30.6 Å². The number of aliphatic carboxylic acids is 1. The largest absolute Gasteiger partial charge is 0.480 e. The number of amides is 2. The van der Waals surface area contributed by atoms with E-state index < -0.39 is 12.5 Å². The molecule has 3 aromatic carbocycles. The number of nitrogens with zero attached hydrogens (tertiary/aromatic N) is 2. The summed E-state index contributed by atoms with van der Waals surface area (Å²) < 4.78 is 0. The highest BCUT2D eigenvalue weighted by molar-refractivity contribution is 5.99. The number of carbonyl (C=O) groups is 3. The Hall–Kier alpha value is -4.66. The summed E-state index contributed by atoms with van der Waals surface area (Å²) in [5, 5.41) is 15.5. The predicted molar refractivity (Wildman–Crippen MR) is 141 cm³/mol. The van der Waals surface area contributed by atoms with Crippen molar-refractivity contribution in [2.45, 2.75) is 31.7 Å². The van der Waals surface area contributed by atoms with Gasteiger partial charge in [-0.3, -0.25) is 14.4 Å². The van der Waals surface area contributed by atoms with Gasteiger partial charge in [0.15, 0.2) is 0 Å². The van der Waals surface area contributed by atoms with Crippen molar-refractivity contribution in [2.24, 2.45) is 0 Å². The van der Waals surface area contributed by atoms with Gasteiger partial charge in [0.2, 0.25) is 17.8 Å². The molecular formula is C28H27N5O4. The Morgan fingerprint density at radius 3 is 2.57 bits per heavy atom. The fourth-order valence-electron chi connectivity index (χ4n) is 4.67. The molecule has 1 aromatic heterocycles. The monoisotopic (exact) mass is 497 g/mol. The molecule has 9 heteroatoms. The Balaban J connectivity index is 1.19. The number of carboxylic acid groups (broad SMARTS) is 1. The molecular weight excluding hydrogens is 470 g/mol. The quantitative estimate of drug-likeness (QED) is 0.287. The maximum absolute atomic E-state index is 12.8. The number of nitrogens with one attached hydrogen (secondary N) is 3. The van der Waals surface area contributed by atoms with Crippen molar-refractivity contribution in [2.75, 3.05) is 16.8 Å². The third-order valence-electron chi connectivity index (χ3n) is 6.50. The SMILES string of the molecule is O=C(O)CN1C(=O)CCC(CC(=O)NCc2ccc(Nc3nc4ccccc4[nH]3)cc2)c2ccccc21. The molecule has 5 rings (SSSR count). The van der Waals surface area contributed by atoms with Gasteiger partial charge in [-0.15, -0.1) is 0 Å². The summed E-state index contributed by atoms with van der Waals surface area (Å²) in [6, 6.07) is 22.8. The van der Waals surface area contributed by atoms with Crippen molar-refractivity contribution < 1.29 is 19.5 Å². The molecule has 1 aliphatic heterocycles. The van der Waals surface area contributed by atoms with Crippen molar-refractivity contribution in [3.8, 4) is 0 Å². The topological polar surface area (TPSA) is 127 Å². The van der Waals surface area contributed by atoms with Crippen LogP contribution in [0.4, 0.5) is 17.3 Å². The summed E-state index contributed by atoms with van der Waals surface area (Å²) >= 11 is 0. The zero-order chi connectivity index (χ0) is 25.8. The predicted octanol–water partition coefficient (Wildman–Crippen LogP) is 4.31. The van der Waals surface area contributed by atoms with E-state index in [9.17, 15) is 19.5 Å². The highest BCUT2D eigenvalue weighted by Gasteiger charge is 2.30. The van der Waals surface area contributed by atoms with Gasteiger partial charge in [0.05, 0.1) is 11.0 Å². The molecule has 2 amide bonds. The Morgan fingerprint density at radius 1 is 1.03 bits per heavy atom. The number of anilines is 3. The zero-order valence-corrected chi connectivity index (χ0v) is 20.1. The van der Waals surface area contributed by atoms with Crippen LogP contribution in [0.25, 0.3) is 11.0 Å². The van der Waals surface area contributed by atoms with E-state index >= 15 is 0 Å². The molecule has 4 N–H and O–H groups in total. The van der Waals surface area contributed by atoms with Crippen LogP contribution in [-0.2, 0) is 20.9 Å². The van der Waals surface area contributed by atoms with Gasteiger partial charge in [0.1, 0.15) is 6.54 Å². The van der Waals surface area contributed by atoms with Crippen LogP contribution in [0.1, 0.15) is 36.3 Å². The summed E-state index contributed by atoms with van der Waals surface area (Å²) in [7, 11) is 0. The molecule has 1 aliphatic rings. The summed E-state index contributed by atoms with van der Waals surface area (Å²) in [5.41, 5.74) is 5.06. The van der Waals surface area contributed by atoms with Crippen LogP contribution in [-0.4, -0.2) is 39.4 Å². The third-order valence-corrected chi connectivity index (χ3v) is 6.50. The number of hydrogen-bond acceptors (Lipinski definition) is 5. The maximum atomic E-state index is 12.8. The minimum atomic E-state index is -1.07. The Labute approximate surface area is 213 Å². The van der Waals surface area contributed by atoms with E-state index in [1.54, 1.807) is 12.1 Å². The molecule has 0 fully saturated rings. The number of imidazole rings is 1. The number of rotatable bonds is 8. The molecule has 188 valence electrons. The van der Waals surface area contributed by atoms with Crippen LogP contribution < -0.4 is 15.5 Å². The van der Waals surface area contributed by atoms with Crippen LogP contribution >= 0.6 is 0 Å². The first-order chi connectivity index (χ1) is 18.0. The lowest BCUT2D eigenvalue weighted by molar-refractivity contribution is -0.136. The van der Waals surface area contributed by atoms with Crippen molar-refractivity contribution in [3.05, 3.63) is 83.9 Å². The standard InChI is InChI=1S/C28H27N5O4/c34-25(15-19-11-14-26(35)33(17-27(36)37)24-8-4-1-5-21(19)24)29-16-18-9-12-20(13-10-18)30-28-31-22-6-2-3-7-23(22)32-28/h1-10,12-13,19H,11,14-17H2,(H,29,34)(H,36,37)(H2,30,31,32). The molecule has 0 saturated carbocycles. The zero-order valence-electron chi connectivity index (χ0n) is 20.1. The molecule has 0 bridgehead atoms. The lowest BCUT2D eigenvalue weighted by atomic mass is 9.90. The third kappa shape index (κ3) is 5.61. The number of benzene rings is 3. The van der Waals surface area contributed by atoms with Crippen LogP contribution in [0.3, 0.4) is 0 Å². The van der Waals surface area contributed by atoms with E-state index in [4.69, 9.17) is 0 Å². The minimum absolute atomic E-state index is 0.122. The highest BCUT2D eigenvalue weighted by atomic mass is 16.4. The van der Waals surface area contributed by atoms with Crippen molar-refractivity contribution in [3.63, 3.8) is 0 Å². The second-order valence-corrected chi connectivity index (χ2v) is 9.07. The molecule has 1 atom stereocenters. The van der Waals surface area contributed by atoms with Gasteiger partial charge in [-0.05, 0) is 53.8 Å². The fourth-order valence-corrected chi connectivity index (χ4v) is 4.67. The lowest BCUT2D eigenvalue weighted by Crippen LogP contribution is -2.35. The maximum Gasteiger partial charge on any atom is 0.323 e. The van der Waals surface area contributed by atoms with Crippen LogP contribution in [0.5, 0.6) is 0 Å². The van der Waals surface area contributed by atoms with Crippen LogP contribution in [0.2, 0.25) is 0 Å². The van der Waals surface area contributed by atoms with E-state index in [1.807, 2.05) is 60.7 Å². The number of para-hydroxylation sites is 3. The highest BCUT2D eigenvalue weighted by Crippen LogP contribution is 2.36. The normalized spacial score (nSPS) is 15.2. The summed E-state index contributed by atoms with van der Waals surface area (Å²) in [6.07, 6.45) is 0.901. The van der Waals surface area contributed by atoms with E-state index in [1.165, 1.54) is 4.90 Å². The average Bonchev–Trinajstić information content (AvgIpc) is 3.26. The van der Waals surface area contributed by atoms with Crippen LogP contribution in [0.15, 0.2) is 72.8 Å². The van der Waals surface area contributed by atoms with Gasteiger partial charge in [0, 0.05) is 30.8 Å². The number of aromatic amines is 1. The first-order valence-corrected chi connectivity index (χ1v) is 12.1. The molecule has 37 heavy (non-hydrogen) atoms. The minimum Gasteiger partial charge on any atom is -0.480 e. The molecule has 0 saturated heterocycles. The molecule has 0 radical (unpaired) electrons. The number of carbonyl (C=O) groups excluding carboxylic acids is 2. The van der Waals surface area contributed by atoms with E-state index in [0.29, 0.717) is 24.6 Å². The Bertz CT molecular complexity index is 1410. The van der Waals surface area contributed by atoms with Gasteiger partial charge in [-0.2, -0.15) is 0 Å². The smallest absolute Gasteiger partial charge is 0.323 e. The van der Waals surface area contributed by atoms with Crippen molar-refractivity contribution >= 4 is 46.1 Å². The second kappa shape index (κ2) is 10.5. The van der Waals surface area contributed by atoms with Gasteiger partial charge >= 0.3 is 5.97 Å². The summed E-state index contributed by atoms with van der Waals surface area (Å²) in [6.45, 7) is -0.0157. The number of fused-ring (bicyclic) bond motifs is 2. The first-order valence-electron chi connectivity index (χ1n) is 12.1. The van der Waals surface area contributed by atoms with E-state index in [2.05, 4.69) is 20.6 Å². The van der Waals surface area contributed by atoms with Crippen molar-refractivity contribution in [1.82, 2.24) is 15.3 Å². The first kappa shape index (κ1) is 24.1.